The van der Waals surface area contributed by atoms with Crippen molar-refractivity contribution in [1.29, 1.82) is 0 Å². The van der Waals surface area contributed by atoms with Crippen LogP contribution in [0.2, 0.25) is 0 Å². The zero-order chi connectivity index (χ0) is 12.8. The van der Waals surface area contributed by atoms with Crippen LogP contribution in [0.15, 0.2) is 11.1 Å². The van der Waals surface area contributed by atoms with Crippen molar-refractivity contribution in [1.82, 2.24) is 0 Å². The van der Waals surface area contributed by atoms with Crippen LogP contribution < -0.4 is 0 Å². The number of allylic oxidation sites excluding steroid dienone is 1. The molecule has 0 amide bonds. The molecule has 0 aromatic heterocycles. The van der Waals surface area contributed by atoms with Gasteiger partial charge in [-0.1, -0.05) is 39.3 Å². The van der Waals surface area contributed by atoms with Crippen LogP contribution in [-0.2, 0) is 9.53 Å². The topological polar surface area (TPSA) is 26.3 Å². The number of hydrogen-bond donors (Lipinski definition) is 0. The third kappa shape index (κ3) is 2.06. The standard InChI is InChI=1S/C14H21ClO2/c1-8(2)11-5-14(17-7-11)6-12(15)9(3)10(4)13(14)16/h6,8-11H,5,7H2,1-4H3. The van der Waals surface area contributed by atoms with Crippen molar-refractivity contribution < 1.29 is 9.53 Å². The van der Waals surface area contributed by atoms with E-state index in [4.69, 9.17) is 16.3 Å². The third-order valence-corrected chi connectivity index (χ3v) is 4.90. The van der Waals surface area contributed by atoms with Gasteiger partial charge in [0.2, 0.25) is 0 Å². The maximum absolute atomic E-state index is 12.4. The largest absolute Gasteiger partial charge is 0.363 e. The lowest BCUT2D eigenvalue weighted by atomic mass is 9.73. The lowest BCUT2D eigenvalue weighted by Gasteiger charge is -2.35. The van der Waals surface area contributed by atoms with Crippen molar-refractivity contribution in [3.63, 3.8) is 0 Å². The highest BCUT2D eigenvalue weighted by molar-refractivity contribution is 6.30. The van der Waals surface area contributed by atoms with Crippen LogP contribution in [0.3, 0.4) is 0 Å². The number of hydrogen-bond acceptors (Lipinski definition) is 2. The zero-order valence-electron chi connectivity index (χ0n) is 11.0. The van der Waals surface area contributed by atoms with E-state index in [-0.39, 0.29) is 17.6 Å². The Morgan fingerprint density at radius 1 is 1.41 bits per heavy atom. The molecule has 0 saturated carbocycles. The maximum atomic E-state index is 12.4. The Labute approximate surface area is 108 Å². The third-order valence-electron chi connectivity index (χ3n) is 4.45. The fraction of sp³-hybridized carbons (Fsp3) is 0.786. The summed E-state index contributed by atoms with van der Waals surface area (Å²) in [6.07, 6.45) is 2.65. The summed E-state index contributed by atoms with van der Waals surface area (Å²) in [6, 6.07) is 0. The molecule has 0 N–H and O–H groups in total. The molecule has 4 unspecified atom stereocenters. The smallest absolute Gasteiger partial charge is 0.172 e. The Hall–Kier alpha value is -0.340. The first-order chi connectivity index (χ1) is 7.87. The summed E-state index contributed by atoms with van der Waals surface area (Å²) in [6.45, 7) is 8.99. The molecule has 1 saturated heterocycles. The van der Waals surface area contributed by atoms with Gasteiger partial charge in [0.15, 0.2) is 5.78 Å². The van der Waals surface area contributed by atoms with Gasteiger partial charge in [-0.3, -0.25) is 4.79 Å². The van der Waals surface area contributed by atoms with Gasteiger partial charge in [0, 0.05) is 16.9 Å². The first-order valence-corrected chi connectivity index (χ1v) is 6.81. The van der Waals surface area contributed by atoms with E-state index in [0.717, 1.165) is 11.5 Å². The van der Waals surface area contributed by atoms with Gasteiger partial charge in [-0.15, -0.1) is 0 Å². The van der Waals surface area contributed by atoms with Crippen LogP contribution in [0, 0.1) is 23.7 Å². The zero-order valence-corrected chi connectivity index (χ0v) is 11.8. The Kier molecular flexibility index (Phi) is 3.39. The summed E-state index contributed by atoms with van der Waals surface area (Å²) in [7, 11) is 0. The van der Waals surface area contributed by atoms with E-state index in [1.807, 2.05) is 19.9 Å². The second-order valence-electron chi connectivity index (χ2n) is 5.88. The molecule has 2 aliphatic rings. The van der Waals surface area contributed by atoms with E-state index in [9.17, 15) is 4.79 Å². The second-order valence-corrected chi connectivity index (χ2v) is 6.32. The quantitative estimate of drug-likeness (QED) is 0.719. The number of halogens is 1. The first-order valence-electron chi connectivity index (χ1n) is 6.44. The Balaban J connectivity index is 2.30. The molecule has 1 aliphatic heterocycles. The van der Waals surface area contributed by atoms with Crippen molar-refractivity contribution in [2.24, 2.45) is 23.7 Å². The van der Waals surface area contributed by atoms with Crippen LogP contribution in [0.25, 0.3) is 0 Å². The van der Waals surface area contributed by atoms with Crippen molar-refractivity contribution in [3.05, 3.63) is 11.1 Å². The summed E-state index contributed by atoms with van der Waals surface area (Å²) in [5.41, 5.74) is -0.724. The van der Waals surface area contributed by atoms with Crippen molar-refractivity contribution in [2.45, 2.75) is 39.7 Å². The summed E-state index contributed by atoms with van der Waals surface area (Å²) in [5.74, 6) is 1.29. The number of carbonyl (C=O) groups is 1. The number of Topliss-reactive ketones (excluding diaryl/α,β-unsaturated/α-hetero) is 1. The number of ether oxygens (including phenoxy) is 1. The molecule has 2 rings (SSSR count). The summed E-state index contributed by atoms with van der Waals surface area (Å²) >= 11 is 6.25. The molecule has 0 radical (unpaired) electrons. The molecule has 2 nitrogen and oxygen atoms in total. The molecule has 3 heteroatoms. The molecule has 0 aromatic rings. The normalized spacial score (nSPS) is 42.4. The Bertz CT molecular complexity index is 361. The molecule has 0 bridgehead atoms. The predicted molar refractivity (Wildman–Crippen MR) is 68.9 cm³/mol. The van der Waals surface area contributed by atoms with Gasteiger partial charge in [0.1, 0.15) is 5.60 Å². The maximum Gasteiger partial charge on any atom is 0.172 e. The van der Waals surface area contributed by atoms with Gasteiger partial charge in [-0.25, -0.2) is 0 Å². The summed E-state index contributed by atoms with van der Waals surface area (Å²) in [4.78, 5) is 12.4. The minimum absolute atomic E-state index is 0.0431. The van der Waals surface area contributed by atoms with Crippen molar-refractivity contribution >= 4 is 17.4 Å². The van der Waals surface area contributed by atoms with Crippen LogP contribution in [0.4, 0.5) is 0 Å². The Morgan fingerprint density at radius 3 is 2.59 bits per heavy atom. The van der Waals surface area contributed by atoms with E-state index >= 15 is 0 Å². The van der Waals surface area contributed by atoms with Crippen LogP contribution in [0.1, 0.15) is 34.1 Å². The van der Waals surface area contributed by atoms with Gasteiger partial charge in [0.25, 0.3) is 0 Å². The molecule has 96 valence electrons. The summed E-state index contributed by atoms with van der Waals surface area (Å²) in [5, 5.41) is 0.779. The SMILES string of the molecule is CC(C)C1COC2(C=C(Cl)C(C)C(C)C2=O)C1. The van der Waals surface area contributed by atoms with Crippen LogP contribution in [0.5, 0.6) is 0 Å². The molecule has 1 spiro atoms. The molecule has 0 aromatic carbocycles. The van der Waals surface area contributed by atoms with E-state index in [0.29, 0.717) is 18.4 Å². The number of carbonyl (C=O) groups excluding carboxylic acids is 1. The van der Waals surface area contributed by atoms with E-state index < -0.39 is 5.60 Å². The number of ketones is 1. The lowest BCUT2D eigenvalue weighted by molar-refractivity contribution is -0.140. The molecule has 1 heterocycles. The van der Waals surface area contributed by atoms with Crippen LogP contribution >= 0.6 is 11.6 Å². The fourth-order valence-corrected chi connectivity index (χ4v) is 3.11. The van der Waals surface area contributed by atoms with Gasteiger partial charge in [-0.05, 0) is 24.3 Å². The number of rotatable bonds is 1. The van der Waals surface area contributed by atoms with Gasteiger partial charge >= 0.3 is 0 Å². The highest BCUT2D eigenvalue weighted by Gasteiger charge is 2.50. The average Bonchev–Trinajstić information content (AvgIpc) is 2.69. The van der Waals surface area contributed by atoms with Gasteiger partial charge in [0.05, 0.1) is 6.61 Å². The van der Waals surface area contributed by atoms with Gasteiger partial charge < -0.3 is 4.74 Å². The molecule has 17 heavy (non-hydrogen) atoms. The average molecular weight is 257 g/mol. The van der Waals surface area contributed by atoms with E-state index in [1.54, 1.807) is 0 Å². The monoisotopic (exact) mass is 256 g/mol. The van der Waals surface area contributed by atoms with Gasteiger partial charge in [-0.2, -0.15) is 0 Å². The molecule has 1 aliphatic carbocycles. The molecule has 1 fully saturated rings. The van der Waals surface area contributed by atoms with E-state index in [1.165, 1.54) is 0 Å². The minimum Gasteiger partial charge on any atom is -0.363 e. The highest BCUT2D eigenvalue weighted by Crippen LogP contribution is 2.44. The molecular weight excluding hydrogens is 236 g/mol. The fourth-order valence-electron chi connectivity index (χ4n) is 2.74. The summed E-state index contributed by atoms with van der Waals surface area (Å²) < 4.78 is 5.85. The Morgan fingerprint density at radius 2 is 2.06 bits per heavy atom. The van der Waals surface area contributed by atoms with Crippen molar-refractivity contribution in [2.75, 3.05) is 6.61 Å². The first kappa shape index (κ1) is 13.1. The molecule has 4 atom stereocenters. The highest BCUT2D eigenvalue weighted by atomic mass is 35.5. The lowest BCUT2D eigenvalue weighted by Crippen LogP contribution is -2.45. The van der Waals surface area contributed by atoms with Crippen LogP contribution in [-0.4, -0.2) is 18.0 Å². The minimum atomic E-state index is -0.724. The predicted octanol–water partition coefficient (Wildman–Crippen LogP) is 3.40. The van der Waals surface area contributed by atoms with E-state index in [2.05, 4.69) is 13.8 Å². The van der Waals surface area contributed by atoms with Crippen molar-refractivity contribution in [3.8, 4) is 0 Å². The second kappa shape index (κ2) is 4.40. The molecular formula is C14H21ClO2.